The van der Waals surface area contributed by atoms with Crippen LogP contribution >= 0.6 is 0 Å². The summed E-state index contributed by atoms with van der Waals surface area (Å²) in [7, 11) is 1.64. The van der Waals surface area contributed by atoms with Gasteiger partial charge >= 0.3 is 5.97 Å². The van der Waals surface area contributed by atoms with Gasteiger partial charge in [-0.05, 0) is 35.8 Å². The number of rotatable bonds is 6. The maximum absolute atomic E-state index is 12.5. The second-order valence-corrected chi connectivity index (χ2v) is 6.67. The summed E-state index contributed by atoms with van der Waals surface area (Å²) in [4.78, 5) is 25.7. The molecule has 2 fully saturated rings. The highest BCUT2D eigenvalue weighted by molar-refractivity contribution is 5.81. The van der Waals surface area contributed by atoms with Crippen molar-refractivity contribution in [1.29, 1.82) is 0 Å². The van der Waals surface area contributed by atoms with Crippen LogP contribution in [-0.4, -0.2) is 42.1 Å². The number of carboxylic acids is 1. The molecule has 124 valence electrons. The van der Waals surface area contributed by atoms with Crippen LogP contribution in [-0.2, 0) is 27.4 Å². The Labute approximate surface area is 136 Å². The van der Waals surface area contributed by atoms with E-state index in [9.17, 15) is 14.7 Å². The predicted octanol–water partition coefficient (Wildman–Crippen LogP) is 1.94. The summed E-state index contributed by atoms with van der Waals surface area (Å²) in [6.07, 6.45) is 2.53. The SMILES string of the molecule is COCc1cccc(CC(=O)N2C[C@H](C(=O)O)[C@@H](C3CC3)C2)c1. The fraction of sp³-hybridized carbons (Fsp3) is 0.556. The fourth-order valence-corrected chi connectivity index (χ4v) is 3.58. The number of methoxy groups -OCH3 is 1. The van der Waals surface area contributed by atoms with E-state index in [-0.39, 0.29) is 11.8 Å². The first-order valence-electron chi connectivity index (χ1n) is 8.16. The summed E-state index contributed by atoms with van der Waals surface area (Å²) >= 11 is 0. The highest BCUT2D eigenvalue weighted by Crippen LogP contribution is 2.44. The lowest BCUT2D eigenvalue weighted by molar-refractivity contribution is -0.142. The number of carbonyl (C=O) groups is 2. The average molecular weight is 317 g/mol. The summed E-state index contributed by atoms with van der Waals surface area (Å²) in [5.74, 6) is -0.505. The Balaban J connectivity index is 1.64. The normalized spacial score (nSPS) is 24.0. The molecule has 0 bridgehead atoms. The van der Waals surface area contributed by atoms with Gasteiger partial charge in [-0.3, -0.25) is 9.59 Å². The first kappa shape index (κ1) is 16.0. The molecule has 0 spiro atoms. The molecule has 1 aromatic rings. The molecule has 1 amide bonds. The molecule has 3 rings (SSSR count). The topological polar surface area (TPSA) is 66.8 Å². The lowest BCUT2D eigenvalue weighted by Crippen LogP contribution is -2.31. The molecule has 0 aromatic heterocycles. The van der Waals surface area contributed by atoms with E-state index < -0.39 is 11.9 Å². The van der Waals surface area contributed by atoms with Crippen LogP contribution in [0.15, 0.2) is 24.3 Å². The third-order valence-corrected chi connectivity index (χ3v) is 4.92. The number of likely N-dealkylation sites (tertiary alicyclic amines) is 1. The molecule has 5 heteroatoms. The number of carboxylic acid groups (broad SMARTS) is 1. The molecule has 1 saturated heterocycles. The Morgan fingerprint density at radius 1 is 1.26 bits per heavy atom. The summed E-state index contributed by atoms with van der Waals surface area (Å²) in [6.45, 7) is 1.47. The van der Waals surface area contributed by atoms with Crippen molar-refractivity contribution in [2.45, 2.75) is 25.9 Å². The van der Waals surface area contributed by atoms with Crippen LogP contribution < -0.4 is 0 Å². The highest BCUT2D eigenvalue weighted by atomic mass is 16.5. The van der Waals surface area contributed by atoms with Gasteiger partial charge in [0.1, 0.15) is 0 Å². The Morgan fingerprint density at radius 3 is 2.65 bits per heavy atom. The van der Waals surface area contributed by atoms with Crippen LogP contribution in [0.5, 0.6) is 0 Å². The van der Waals surface area contributed by atoms with Crippen LogP contribution in [0.4, 0.5) is 0 Å². The van der Waals surface area contributed by atoms with Crippen LogP contribution in [0, 0.1) is 17.8 Å². The van der Waals surface area contributed by atoms with Gasteiger partial charge in [-0.2, -0.15) is 0 Å². The van der Waals surface area contributed by atoms with Gasteiger partial charge in [-0.1, -0.05) is 24.3 Å². The number of benzene rings is 1. The van der Waals surface area contributed by atoms with Gasteiger partial charge < -0.3 is 14.7 Å². The minimum absolute atomic E-state index is 0.0222. The number of aliphatic carboxylic acids is 1. The van der Waals surface area contributed by atoms with Gasteiger partial charge in [0, 0.05) is 20.2 Å². The molecule has 1 aliphatic carbocycles. The van der Waals surface area contributed by atoms with Crippen molar-refractivity contribution in [1.82, 2.24) is 4.90 Å². The summed E-state index contributed by atoms with van der Waals surface area (Å²) in [5.41, 5.74) is 1.99. The lowest BCUT2D eigenvalue weighted by Gasteiger charge is -2.16. The van der Waals surface area contributed by atoms with Crippen LogP contribution in [0.2, 0.25) is 0 Å². The quantitative estimate of drug-likeness (QED) is 0.871. The van der Waals surface area contributed by atoms with Gasteiger partial charge in [0.05, 0.1) is 18.9 Å². The smallest absolute Gasteiger partial charge is 0.308 e. The predicted molar refractivity (Wildman–Crippen MR) is 84.8 cm³/mol. The molecule has 1 aliphatic heterocycles. The Kier molecular flexibility index (Phi) is 4.66. The minimum atomic E-state index is -0.765. The van der Waals surface area contributed by atoms with Crippen molar-refractivity contribution >= 4 is 11.9 Å². The zero-order chi connectivity index (χ0) is 16.4. The molecule has 1 heterocycles. The highest BCUT2D eigenvalue weighted by Gasteiger charge is 2.46. The maximum atomic E-state index is 12.5. The van der Waals surface area contributed by atoms with Crippen molar-refractivity contribution in [3.8, 4) is 0 Å². The van der Waals surface area contributed by atoms with Gasteiger partial charge in [0.15, 0.2) is 0 Å². The van der Waals surface area contributed by atoms with E-state index in [1.807, 2.05) is 24.3 Å². The summed E-state index contributed by atoms with van der Waals surface area (Å²) < 4.78 is 5.11. The van der Waals surface area contributed by atoms with Crippen LogP contribution in [0.25, 0.3) is 0 Å². The first-order valence-corrected chi connectivity index (χ1v) is 8.16. The molecule has 1 aromatic carbocycles. The Morgan fingerprint density at radius 2 is 2.00 bits per heavy atom. The Bertz CT molecular complexity index is 596. The number of amides is 1. The third-order valence-electron chi connectivity index (χ3n) is 4.92. The van der Waals surface area contributed by atoms with E-state index in [2.05, 4.69) is 0 Å². The van der Waals surface area contributed by atoms with Crippen LogP contribution in [0.3, 0.4) is 0 Å². The average Bonchev–Trinajstić information content (AvgIpc) is 3.26. The van der Waals surface area contributed by atoms with E-state index in [1.165, 1.54) is 0 Å². The molecular weight excluding hydrogens is 294 g/mol. The summed E-state index contributed by atoms with van der Waals surface area (Å²) in [6, 6.07) is 7.80. The standard InChI is InChI=1S/C18H23NO4/c1-23-11-13-4-2-3-12(7-13)8-17(20)19-9-15(14-5-6-14)16(10-19)18(21)22/h2-4,7,14-16H,5-6,8-11H2,1H3,(H,21,22)/t15-,16+/m1/s1. The number of hydrogen-bond acceptors (Lipinski definition) is 3. The van der Waals surface area contributed by atoms with Gasteiger partial charge in [-0.25, -0.2) is 0 Å². The second kappa shape index (κ2) is 6.71. The molecule has 2 atom stereocenters. The van der Waals surface area contributed by atoms with Crippen molar-refractivity contribution in [3.05, 3.63) is 35.4 Å². The van der Waals surface area contributed by atoms with E-state index in [0.717, 1.165) is 24.0 Å². The number of ether oxygens (including phenoxy) is 1. The zero-order valence-electron chi connectivity index (χ0n) is 13.4. The molecule has 0 radical (unpaired) electrons. The molecule has 23 heavy (non-hydrogen) atoms. The Hall–Kier alpha value is -1.88. The largest absolute Gasteiger partial charge is 0.481 e. The van der Waals surface area contributed by atoms with Crippen molar-refractivity contribution in [2.75, 3.05) is 20.2 Å². The lowest BCUT2D eigenvalue weighted by atomic mass is 9.92. The molecule has 1 N–H and O–H groups in total. The molecule has 1 saturated carbocycles. The van der Waals surface area contributed by atoms with Gasteiger partial charge in [-0.15, -0.1) is 0 Å². The van der Waals surface area contributed by atoms with Crippen LogP contribution in [0.1, 0.15) is 24.0 Å². The molecule has 5 nitrogen and oxygen atoms in total. The van der Waals surface area contributed by atoms with Gasteiger partial charge in [0.2, 0.25) is 5.91 Å². The first-order chi connectivity index (χ1) is 11.1. The number of carbonyl (C=O) groups excluding carboxylic acids is 1. The van der Waals surface area contributed by atoms with Crippen molar-refractivity contribution < 1.29 is 19.4 Å². The monoisotopic (exact) mass is 317 g/mol. The number of hydrogen-bond donors (Lipinski definition) is 1. The molecule has 0 unspecified atom stereocenters. The summed E-state index contributed by atoms with van der Waals surface area (Å²) in [5, 5.41) is 9.39. The van der Waals surface area contributed by atoms with E-state index in [1.54, 1.807) is 12.0 Å². The minimum Gasteiger partial charge on any atom is -0.481 e. The van der Waals surface area contributed by atoms with E-state index in [4.69, 9.17) is 4.74 Å². The van der Waals surface area contributed by atoms with Gasteiger partial charge in [0.25, 0.3) is 0 Å². The molecule has 2 aliphatic rings. The van der Waals surface area contributed by atoms with E-state index in [0.29, 0.717) is 32.0 Å². The molecular formula is C18H23NO4. The second-order valence-electron chi connectivity index (χ2n) is 6.67. The van der Waals surface area contributed by atoms with Crippen molar-refractivity contribution in [2.24, 2.45) is 17.8 Å². The third kappa shape index (κ3) is 3.72. The zero-order valence-corrected chi connectivity index (χ0v) is 13.4. The van der Waals surface area contributed by atoms with Crippen molar-refractivity contribution in [3.63, 3.8) is 0 Å². The van der Waals surface area contributed by atoms with E-state index >= 15 is 0 Å². The number of nitrogens with zero attached hydrogens (tertiary/aromatic N) is 1. The maximum Gasteiger partial charge on any atom is 0.308 e. The fourth-order valence-electron chi connectivity index (χ4n) is 3.58.